The van der Waals surface area contributed by atoms with Gasteiger partial charge in [-0.25, -0.2) is 4.57 Å². The summed E-state index contributed by atoms with van der Waals surface area (Å²) in [4.78, 5) is 0. The lowest BCUT2D eigenvalue weighted by Gasteiger charge is -2.18. The highest BCUT2D eigenvalue weighted by Gasteiger charge is 2.34. The van der Waals surface area contributed by atoms with Crippen molar-refractivity contribution in [3.8, 4) is 33.5 Å². The van der Waals surface area contributed by atoms with Gasteiger partial charge in [0.05, 0.1) is 5.56 Å². The number of hydrogen-bond acceptors (Lipinski definition) is 0. The third-order valence-corrected chi connectivity index (χ3v) is 7.01. The molecule has 0 radical (unpaired) electrons. The normalized spacial score (nSPS) is 15.0. The molecule has 6 rings (SSSR count). The molecule has 4 aromatic rings. The molecule has 0 saturated heterocycles. The van der Waals surface area contributed by atoms with Crippen molar-refractivity contribution in [2.24, 2.45) is 7.05 Å². The zero-order chi connectivity index (χ0) is 23.1. The maximum atomic E-state index is 7.95. The summed E-state index contributed by atoms with van der Waals surface area (Å²) in [5.41, 5.74) is 15.8. The number of aromatic nitrogens is 1. The summed E-state index contributed by atoms with van der Waals surface area (Å²) >= 11 is 0. The third kappa shape index (κ3) is 2.26. The van der Waals surface area contributed by atoms with Crippen molar-refractivity contribution in [1.82, 2.24) is 0 Å². The Labute approximate surface area is 182 Å². The highest BCUT2D eigenvalue weighted by molar-refractivity contribution is 5.98. The van der Waals surface area contributed by atoms with Gasteiger partial charge in [0.1, 0.15) is 7.05 Å². The van der Waals surface area contributed by atoms with Crippen LogP contribution in [0.15, 0.2) is 60.8 Å². The van der Waals surface area contributed by atoms with Crippen molar-refractivity contribution < 1.29 is 8.68 Å². The van der Waals surface area contributed by atoms with E-state index in [1.54, 1.807) is 6.20 Å². The number of pyridine rings is 1. The van der Waals surface area contributed by atoms with Gasteiger partial charge in [-0.1, -0.05) is 48.5 Å². The summed E-state index contributed by atoms with van der Waals surface area (Å²) in [6.45, 7) is 2.03. The quantitative estimate of drug-likeness (QED) is 0.292. The van der Waals surface area contributed by atoms with Crippen LogP contribution < -0.4 is 4.57 Å². The summed E-state index contributed by atoms with van der Waals surface area (Å²) in [6, 6.07) is 19.6. The van der Waals surface area contributed by atoms with Crippen molar-refractivity contribution in [2.75, 3.05) is 0 Å². The molecule has 0 saturated carbocycles. The molecule has 0 N–H and O–H groups in total. The fourth-order valence-electron chi connectivity index (χ4n) is 5.58. The summed E-state index contributed by atoms with van der Waals surface area (Å²) in [7, 11) is 1.97. The van der Waals surface area contributed by atoms with Gasteiger partial charge in [-0.2, -0.15) is 0 Å². The zero-order valence-corrected chi connectivity index (χ0v) is 17.6. The van der Waals surface area contributed by atoms with Crippen LogP contribution >= 0.6 is 0 Å². The van der Waals surface area contributed by atoms with Crippen LogP contribution in [0.4, 0.5) is 0 Å². The molecule has 146 valence electrons. The van der Waals surface area contributed by atoms with Gasteiger partial charge < -0.3 is 0 Å². The first-order valence-corrected chi connectivity index (χ1v) is 10.6. The van der Waals surface area contributed by atoms with Gasteiger partial charge in [0.15, 0.2) is 6.20 Å². The van der Waals surface area contributed by atoms with Crippen molar-refractivity contribution >= 4 is 0 Å². The minimum Gasteiger partial charge on any atom is -0.201 e. The molecule has 2 aliphatic carbocycles. The van der Waals surface area contributed by atoms with Gasteiger partial charge in [-0.3, -0.25) is 0 Å². The molecule has 2 aliphatic rings. The van der Waals surface area contributed by atoms with Gasteiger partial charge >= 0.3 is 0 Å². The minimum atomic E-state index is -2.12. The second kappa shape index (κ2) is 6.15. The molecule has 1 heteroatoms. The maximum absolute atomic E-state index is 7.95. The number of hydrogen-bond donors (Lipinski definition) is 0. The second-order valence-electron chi connectivity index (χ2n) is 8.74. The van der Waals surface area contributed by atoms with E-state index in [9.17, 15) is 0 Å². The number of fused-ring (bicyclic) bond motifs is 7. The largest absolute Gasteiger partial charge is 0.213 e. The predicted octanol–water partition coefficient (Wildman–Crippen LogP) is 6.25. The van der Waals surface area contributed by atoms with E-state index < -0.39 is 6.85 Å². The van der Waals surface area contributed by atoms with Gasteiger partial charge in [-0.05, 0) is 89.2 Å². The topological polar surface area (TPSA) is 3.88 Å². The van der Waals surface area contributed by atoms with Crippen LogP contribution in [0.2, 0.25) is 0 Å². The molecular weight excluding hydrogens is 362 g/mol. The molecule has 1 heterocycles. The van der Waals surface area contributed by atoms with Crippen LogP contribution in [0.25, 0.3) is 33.5 Å². The van der Waals surface area contributed by atoms with Crippen LogP contribution in [0.1, 0.15) is 43.1 Å². The summed E-state index contributed by atoms with van der Waals surface area (Å²) in [6.07, 6.45) is 3.72. The van der Waals surface area contributed by atoms with E-state index in [1.165, 1.54) is 55.6 Å². The fourth-order valence-corrected chi connectivity index (χ4v) is 5.58. The molecule has 3 aromatic carbocycles. The van der Waals surface area contributed by atoms with Crippen LogP contribution in [0, 0.1) is 20.7 Å². The van der Waals surface area contributed by atoms with Crippen molar-refractivity contribution in [2.45, 2.75) is 33.5 Å². The first-order valence-electron chi connectivity index (χ1n) is 12.1. The molecule has 0 amide bonds. The Kier molecular flexibility index (Phi) is 3.02. The SMILES string of the molecule is [2H]C([2H])([2H])c1c[n+](C)c(-c2c(C)c3c(c4c2-c2ccccc2C4)Cc2ccccc2-3)cc1C. The Morgan fingerprint density at radius 3 is 2.03 bits per heavy atom. The van der Waals surface area contributed by atoms with Gasteiger partial charge in [0, 0.05) is 15.7 Å². The van der Waals surface area contributed by atoms with Crippen molar-refractivity contribution in [3.05, 3.63) is 99.7 Å². The van der Waals surface area contributed by atoms with Gasteiger partial charge in [0.25, 0.3) is 0 Å². The smallest absolute Gasteiger partial charge is 0.201 e. The lowest BCUT2D eigenvalue weighted by Crippen LogP contribution is -2.32. The molecule has 0 bridgehead atoms. The van der Waals surface area contributed by atoms with E-state index in [1.807, 2.05) is 18.5 Å². The van der Waals surface area contributed by atoms with Crippen LogP contribution in [0.5, 0.6) is 0 Å². The van der Waals surface area contributed by atoms with Gasteiger partial charge in [-0.15, -0.1) is 0 Å². The number of benzene rings is 3. The second-order valence-corrected chi connectivity index (χ2v) is 8.74. The predicted molar refractivity (Wildman–Crippen MR) is 124 cm³/mol. The molecule has 1 aromatic heterocycles. The fraction of sp³-hybridized carbons (Fsp3) is 0.207. The number of aryl methyl sites for hydroxylation is 3. The Morgan fingerprint density at radius 1 is 0.767 bits per heavy atom. The first-order chi connectivity index (χ1) is 15.8. The third-order valence-electron chi connectivity index (χ3n) is 7.01. The molecule has 1 nitrogen and oxygen atoms in total. The summed E-state index contributed by atoms with van der Waals surface area (Å²) < 4.78 is 25.9. The average molecular weight is 392 g/mol. The highest BCUT2D eigenvalue weighted by atomic mass is 14.9. The average Bonchev–Trinajstić information content (AvgIpc) is 3.34. The Hall–Kier alpha value is -3.19. The number of rotatable bonds is 1. The monoisotopic (exact) mass is 391 g/mol. The van der Waals surface area contributed by atoms with E-state index in [0.29, 0.717) is 5.56 Å². The van der Waals surface area contributed by atoms with E-state index in [2.05, 4.69) is 61.5 Å². The first kappa shape index (κ1) is 14.7. The molecule has 0 fully saturated rings. The lowest BCUT2D eigenvalue weighted by atomic mass is 9.85. The molecular formula is C29H26N+. The maximum Gasteiger partial charge on any atom is 0.213 e. The lowest BCUT2D eigenvalue weighted by molar-refractivity contribution is -0.660. The van der Waals surface area contributed by atoms with Crippen molar-refractivity contribution in [1.29, 1.82) is 0 Å². The Morgan fingerprint density at radius 2 is 1.37 bits per heavy atom. The van der Waals surface area contributed by atoms with E-state index in [-0.39, 0.29) is 0 Å². The minimum absolute atomic E-state index is 0.412. The van der Waals surface area contributed by atoms with Crippen LogP contribution in [-0.4, -0.2) is 0 Å². The molecule has 0 atom stereocenters. The van der Waals surface area contributed by atoms with Crippen LogP contribution in [-0.2, 0) is 19.9 Å². The molecule has 30 heavy (non-hydrogen) atoms. The Bertz CT molecular complexity index is 1480. The van der Waals surface area contributed by atoms with E-state index >= 15 is 0 Å². The number of nitrogens with zero attached hydrogens (tertiary/aromatic N) is 1. The van der Waals surface area contributed by atoms with Crippen molar-refractivity contribution in [3.63, 3.8) is 0 Å². The highest BCUT2D eigenvalue weighted by Crippen LogP contribution is 2.52. The van der Waals surface area contributed by atoms with E-state index in [4.69, 9.17) is 4.11 Å². The van der Waals surface area contributed by atoms with E-state index in [0.717, 1.165) is 24.1 Å². The summed E-state index contributed by atoms with van der Waals surface area (Å²) in [5, 5.41) is 0. The molecule has 0 spiro atoms. The standard InChI is InChI=1S/C29H26N/c1-17-13-26(30(4)16-18(17)2)28-19(3)27-22-11-7-5-9-20(22)14-24(27)25-15-21-10-6-8-12-23(21)29(25)28/h5-13,16H,14-15H2,1-4H3/q+1/i2D3. The van der Waals surface area contributed by atoms with Gasteiger partial charge in [0.2, 0.25) is 5.69 Å². The molecule has 0 aliphatic heterocycles. The molecule has 0 unspecified atom stereocenters. The Balaban J connectivity index is 1.72. The summed E-state index contributed by atoms with van der Waals surface area (Å²) in [5.74, 6) is 0. The van der Waals surface area contributed by atoms with Crippen LogP contribution in [0.3, 0.4) is 0 Å². The zero-order valence-electron chi connectivity index (χ0n) is 20.6.